The SMILES string of the molecule is CC(C)CNCC1CC1(Cl)Cl. The average molecular weight is 196 g/mol. The van der Waals surface area contributed by atoms with Crippen molar-refractivity contribution in [2.45, 2.75) is 24.6 Å². The number of hydrogen-bond donors (Lipinski definition) is 1. The maximum absolute atomic E-state index is 5.85. The molecule has 66 valence electrons. The summed E-state index contributed by atoms with van der Waals surface area (Å²) in [5.41, 5.74) is 0. The number of halogens is 2. The zero-order chi connectivity index (χ0) is 8.48. The number of alkyl halides is 2. The molecule has 1 aliphatic rings. The molecule has 1 unspecified atom stereocenters. The van der Waals surface area contributed by atoms with Crippen LogP contribution in [0.2, 0.25) is 0 Å². The van der Waals surface area contributed by atoms with Crippen molar-refractivity contribution in [3.05, 3.63) is 0 Å². The van der Waals surface area contributed by atoms with Crippen molar-refractivity contribution in [3.8, 4) is 0 Å². The molecule has 0 radical (unpaired) electrons. The molecule has 0 aromatic rings. The van der Waals surface area contributed by atoms with Gasteiger partial charge in [-0.15, -0.1) is 23.2 Å². The quantitative estimate of drug-likeness (QED) is 0.681. The summed E-state index contributed by atoms with van der Waals surface area (Å²) in [7, 11) is 0. The van der Waals surface area contributed by atoms with E-state index in [1.807, 2.05) is 0 Å². The Hall–Kier alpha value is 0.540. The van der Waals surface area contributed by atoms with Gasteiger partial charge < -0.3 is 5.32 Å². The number of nitrogens with one attached hydrogen (secondary N) is 1. The molecule has 0 aromatic carbocycles. The van der Waals surface area contributed by atoms with Crippen LogP contribution in [-0.4, -0.2) is 17.4 Å². The van der Waals surface area contributed by atoms with E-state index >= 15 is 0 Å². The summed E-state index contributed by atoms with van der Waals surface area (Å²) in [6.45, 7) is 6.40. The van der Waals surface area contributed by atoms with E-state index in [4.69, 9.17) is 23.2 Å². The van der Waals surface area contributed by atoms with E-state index in [-0.39, 0.29) is 0 Å². The summed E-state index contributed by atoms with van der Waals surface area (Å²) in [6.07, 6.45) is 0.946. The largest absolute Gasteiger partial charge is 0.316 e. The van der Waals surface area contributed by atoms with E-state index in [0.717, 1.165) is 19.5 Å². The highest BCUT2D eigenvalue weighted by atomic mass is 35.5. The van der Waals surface area contributed by atoms with Crippen LogP contribution in [0.15, 0.2) is 0 Å². The first-order valence-electron chi connectivity index (χ1n) is 4.11. The van der Waals surface area contributed by atoms with E-state index in [2.05, 4.69) is 19.2 Å². The molecule has 0 bridgehead atoms. The van der Waals surface area contributed by atoms with Crippen molar-refractivity contribution >= 4 is 23.2 Å². The van der Waals surface area contributed by atoms with Crippen molar-refractivity contribution in [1.82, 2.24) is 5.32 Å². The molecule has 1 fully saturated rings. The molecule has 1 rings (SSSR count). The second-order valence-corrected chi connectivity index (χ2v) is 5.26. The zero-order valence-corrected chi connectivity index (χ0v) is 8.54. The van der Waals surface area contributed by atoms with Crippen LogP contribution in [-0.2, 0) is 0 Å². The minimum atomic E-state index is -0.413. The highest BCUT2D eigenvalue weighted by Gasteiger charge is 2.50. The van der Waals surface area contributed by atoms with Crippen molar-refractivity contribution in [3.63, 3.8) is 0 Å². The second-order valence-electron chi connectivity index (χ2n) is 3.71. The van der Waals surface area contributed by atoms with Gasteiger partial charge in [-0.05, 0) is 18.9 Å². The molecule has 11 heavy (non-hydrogen) atoms. The lowest BCUT2D eigenvalue weighted by Gasteiger charge is -2.06. The fraction of sp³-hybridized carbons (Fsp3) is 1.00. The molecule has 1 N–H and O–H groups in total. The fourth-order valence-electron chi connectivity index (χ4n) is 1.04. The minimum Gasteiger partial charge on any atom is -0.316 e. The van der Waals surface area contributed by atoms with Gasteiger partial charge in [0.05, 0.1) is 0 Å². The number of rotatable bonds is 4. The Morgan fingerprint density at radius 2 is 2.09 bits per heavy atom. The van der Waals surface area contributed by atoms with Gasteiger partial charge in [-0.3, -0.25) is 0 Å². The molecule has 0 aliphatic heterocycles. The summed E-state index contributed by atoms with van der Waals surface area (Å²) in [5.74, 6) is 1.18. The molecule has 0 saturated heterocycles. The normalized spacial score (nSPS) is 27.5. The smallest absolute Gasteiger partial charge is 0.122 e. The zero-order valence-electron chi connectivity index (χ0n) is 7.03. The standard InChI is InChI=1S/C8H15Cl2N/c1-6(2)4-11-5-7-3-8(7,9)10/h6-7,11H,3-5H2,1-2H3. The molecule has 1 aliphatic carbocycles. The van der Waals surface area contributed by atoms with Crippen LogP contribution in [0.3, 0.4) is 0 Å². The van der Waals surface area contributed by atoms with Crippen molar-refractivity contribution in [1.29, 1.82) is 0 Å². The van der Waals surface area contributed by atoms with Crippen LogP contribution in [0.4, 0.5) is 0 Å². The summed E-state index contributed by atoms with van der Waals surface area (Å²) < 4.78 is -0.413. The lowest BCUT2D eigenvalue weighted by atomic mass is 10.2. The first-order valence-corrected chi connectivity index (χ1v) is 4.86. The molecular formula is C8H15Cl2N. The van der Waals surface area contributed by atoms with Crippen LogP contribution in [0.25, 0.3) is 0 Å². The second kappa shape index (κ2) is 3.51. The molecule has 3 heteroatoms. The molecule has 1 nitrogen and oxygen atoms in total. The van der Waals surface area contributed by atoms with E-state index < -0.39 is 4.33 Å². The van der Waals surface area contributed by atoms with Gasteiger partial charge in [0.1, 0.15) is 4.33 Å². The van der Waals surface area contributed by atoms with E-state index in [9.17, 15) is 0 Å². The third-order valence-electron chi connectivity index (χ3n) is 1.90. The van der Waals surface area contributed by atoms with Gasteiger partial charge in [-0.25, -0.2) is 0 Å². The Morgan fingerprint density at radius 3 is 2.45 bits per heavy atom. The first-order chi connectivity index (χ1) is 5.02. The summed E-state index contributed by atoms with van der Waals surface area (Å²) in [6, 6.07) is 0. The first kappa shape index (κ1) is 9.63. The molecule has 0 aromatic heterocycles. The summed E-state index contributed by atoms with van der Waals surface area (Å²) >= 11 is 11.7. The molecular weight excluding hydrogens is 181 g/mol. The van der Waals surface area contributed by atoms with Gasteiger partial charge in [0.2, 0.25) is 0 Å². The highest BCUT2D eigenvalue weighted by molar-refractivity contribution is 6.50. The predicted octanol–water partition coefficient (Wildman–Crippen LogP) is 2.43. The van der Waals surface area contributed by atoms with Gasteiger partial charge in [-0.1, -0.05) is 13.8 Å². The monoisotopic (exact) mass is 195 g/mol. The topological polar surface area (TPSA) is 12.0 Å². The Bertz CT molecular complexity index is 134. The molecule has 1 atom stereocenters. The molecule has 0 spiro atoms. The van der Waals surface area contributed by atoms with E-state index in [1.54, 1.807) is 0 Å². The maximum atomic E-state index is 5.85. The third-order valence-corrected chi connectivity index (χ3v) is 2.82. The lowest BCUT2D eigenvalue weighted by molar-refractivity contribution is 0.535. The van der Waals surface area contributed by atoms with Crippen molar-refractivity contribution < 1.29 is 0 Å². The number of hydrogen-bond acceptors (Lipinski definition) is 1. The average Bonchev–Trinajstić information content (AvgIpc) is 2.39. The van der Waals surface area contributed by atoms with Crippen molar-refractivity contribution in [2.24, 2.45) is 11.8 Å². The van der Waals surface area contributed by atoms with Gasteiger partial charge in [0, 0.05) is 12.5 Å². The molecule has 0 heterocycles. The Labute approximate surface area is 78.4 Å². The van der Waals surface area contributed by atoms with Crippen LogP contribution in [0.1, 0.15) is 20.3 Å². The highest BCUT2D eigenvalue weighted by Crippen LogP contribution is 2.52. The maximum Gasteiger partial charge on any atom is 0.122 e. The lowest BCUT2D eigenvalue weighted by Crippen LogP contribution is -2.23. The van der Waals surface area contributed by atoms with Gasteiger partial charge in [-0.2, -0.15) is 0 Å². The van der Waals surface area contributed by atoms with Gasteiger partial charge in [0.25, 0.3) is 0 Å². The Morgan fingerprint density at radius 1 is 1.55 bits per heavy atom. The third kappa shape index (κ3) is 3.18. The van der Waals surface area contributed by atoms with Crippen molar-refractivity contribution in [2.75, 3.05) is 13.1 Å². The molecule has 1 saturated carbocycles. The summed E-state index contributed by atoms with van der Waals surface area (Å²) in [5, 5.41) is 3.33. The van der Waals surface area contributed by atoms with Crippen LogP contribution in [0, 0.1) is 11.8 Å². The molecule has 0 amide bonds. The van der Waals surface area contributed by atoms with Crippen LogP contribution >= 0.6 is 23.2 Å². The van der Waals surface area contributed by atoms with E-state index in [1.165, 1.54) is 0 Å². The summed E-state index contributed by atoms with van der Waals surface area (Å²) in [4.78, 5) is 0. The van der Waals surface area contributed by atoms with Gasteiger partial charge in [0.15, 0.2) is 0 Å². The van der Waals surface area contributed by atoms with Crippen LogP contribution < -0.4 is 5.32 Å². The predicted molar refractivity (Wildman–Crippen MR) is 50.3 cm³/mol. The minimum absolute atomic E-state index is 0.413. The fourth-order valence-corrected chi connectivity index (χ4v) is 1.56. The van der Waals surface area contributed by atoms with E-state index in [0.29, 0.717) is 11.8 Å². The van der Waals surface area contributed by atoms with Gasteiger partial charge >= 0.3 is 0 Å². The Kier molecular flexibility index (Phi) is 3.07. The van der Waals surface area contributed by atoms with Crippen LogP contribution in [0.5, 0.6) is 0 Å². The Balaban J connectivity index is 1.98.